The molecule has 2 heterocycles. The summed E-state index contributed by atoms with van der Waals surface area (Å²) < 4.78 is 16.2. The van der Waals surface area contributed by atoms with Crippen LogP contribution in [-0.2, 0) is 11.2 Å². The van der Waals surface area contributed by atoms with Gasteiger partial charge in [-0.3, -0.25) is 14.2 Å². The zero-order valence-electron chi connectivity index (χ0n) is 17.0. The number of amides is 1. The summed E-state index contributed by atoms with van der Waals surface area (Å²) in [4.78, 5) is 30.3. The zero-order chi connectivity index (χ0) is 22.0. The van der Waals surface area contributed by atoms with Crippen molar-refractivity contribution in [2.45, 2.75) is 25.4 Å². The lowest BCUT2D eigenvalue weighted by molar-refractivity contribution is -0.113. The molecule has 4 rings (SSSR count). The van der Waals surface area contributed by atoms with Gasteiger partial charge in [-0.2, -0.15) is 0 Å². The van der Waals surface area contributed by atoms with Crippen LogP contribution < -0.4 is 10.9 Å². The Balaban J connectivity index is 1.66. The smallest absolute Gasteiger partial charge is 0.276 e. The molecule has 1 amide bonds. The predicted molar refractivity (Wildman–Crippen MR) is 125 cm³/mol. The van der Waals surface area contributed by atoms with Crippen molar-refractivity contribution in [1.29, 1.82) is 0 Å². The number of nitrogens with zero attached hydrogens (tertiary/aromatic N) is 2. The molecule has 2 aromatic heterocycles. The lowest BCUT2D eigenvalue weighted by Crippen LogP contribution is -2.23. The van der Waals surface area contributed by atoms with Crippen molar-refractivity contribution < 1.29 is 9.18 Å². The van der Waals surface area contributed by atoms with Crippen molar-refractivity contribution in [3.63, 3.8) is 0 Å². The standard InChI is InChI=1S/C23H20FN3O2S2/c1-3-15-8-6-7-14(2)20(15)26-19(28)13-31-23-25-17-11-12-30-21(17)22(29)27(23)18-10-5-4-9-16(18)24/h4-12H,3,13H2,1-2H3,(H,26,28). The number of rotatable bonds is 6. The molecule has 0 aliphatic heterocycles. The lowest BCUT2D eigenvalue weighted by atomic mass is 10.1. The largest absolute Gasteiger partial charge is 0.325 e. The van der Waals surface area contributed by atoms with E-state index in [9.17, 15) is 14.0 Å². The Morgan fingerprint density at radius 1 is 1.19 bits per heavy atom. The number of fused-ring (bicyclic) bond motifs is 1. The van der Waals surface area contributed by atoms with Crippen LogP contribution in [0.15, 0.2) is 63.9 Å². The van der Waals surface area contributed by atoms with Crippen LogP contribution in [0.25, 0.3) is 15.9 Å². The van der Waals surface area contributed by atoms with E-state index in [1.54, 1.807) is 23.6 Å². The Morgan fingerprint density at radius 2 is 2.00 bits per heavy atom. The Morgan fingerprint density at radius 3 is 2.77 bits per heavy atom. The van der Waals surface area contributed by atoms with Crippen molar-refractivity contribution in [3.8, 4) is 5.69 Å². The number of hydrogen-bond donors (Lipinski definition) is 1. The fraction of sp³-hybridized carbons (Fsp3) is 0.174. The monoisotopic (exact) mass is 453 g/mol. The third-order valence-electron chi connectivity index (χ3n) is 4.88. The molecule has 0 aliphatic carbocycles. The molecule has 8 heteroatoms. The molecule has 31 heavy (non-hydrogen) atoms. The molecule has 0 atom stereocenters. The number of thiophene rings is 1. The highest BCUT2D eigenvalue weighted by molar-refractivity contribution is 7.99. The molecule has 0 spiro atoms. The summed E-state index contributed by atoms with van der Waals surface area (Å²) in [5.41, 5.74) is 3.16. The number of benzene rings is 2. The average molecular weight is 454 g/mol. The topological polar surface area (TPSA) is 64.0 Å². The molecule has 0 bridgehead atoms. The van der Waals surface area contributed by atoms with Crippen LogP contribution in [0.4, 0.5) is 10.1 Å². The maximum absolute atomic E-state index is 14.5. The molecule has 0 saturated carbocycles. The second-order valence-corrected chi connectivity index (χ2v) is 8.78. The number of aromatic nitrogens is 2. The summed E-state index contributed by atoms with van der Waals surface area (Å²) in [6, 6.07) is 13.7. The number of aryl methyl sites for hydroxylation is 2. The van der Waals surface area contributed by atoms with Crippen LogP contribution in [0.2, 0.25) is 0 Å². The number of halogens is 1. The molecule has 5 nitrogen and oxygen atoms in total. The molecule has 0 fully saturated rings. The van der Waals surface area contributed by atoms with Crippen molar-refractivity contribution in [1.82, 2.24) is 9.55 Å². The van der Waals surface area contributed by atoms with Crippen molar-refractivity contribution in [3.05, 3.63) is 81.2 Å². The fourth-order valence-electron chi connectivity index (χ4n) is 3.34. The van der Waals surface area contributed by atoms with Crippen molar-refractivity contribution >= 4 is 44.9 Å². The van der Waals surface area contributed by atoms with Gasteiger partial charge in [-0.15, -0.1) is 11.3 Å². The van der Waals surface area contributed by atoms with Crippen LogP contribution >= 0.6 is 23.1 Å². The van der Waals surface area contributed by atoms with E-state index >= 15 is 0 Å². The van der Waals surface area contributed by atoms with E-state index in [1.807, 2.05) is 32.0 Å². The average Bonchev–Trinajstić information content (AvgIpc) is 3.23. The number of para-hydroxylation sites is 2. The van der Waals surface area contributed by atoms with Gasteiger partial charge in [0.05, 0.1) is 17.0 Å². The first-order valence-corrected chi connectivity index (χ1v) is 11.6. The highest BCUT2D eigenvalue weighted by Crippen LogP contribution is 2.26. The minimum atomic E-state index is -0.527. The van der Waals surface area contributed by atoms with E-state index < -0.39 is 5.82 Å². The summed E-state index contributed by atoms with van der Waals surface area (Å²) >= 11 is 2.37. The number of hydrogen-bond acceptors (Lipinski definition) is 5. The minimum Gasteiger partial charge on any atom is -0.325 e. The quantitative estimate of drug-likeness (QED) is 0.322. The van der Waals surface area contributed by atoms with E-state index in [0.717, 1.165) is 35.0 Å². The molecule has 2 aromatic carbocycles. The van der Waals surface area contributed by atoms with Crippen LogP contribution in [0.3, 0.4) is 0 Å². The number of carbonyl (C=O) groups is 1. The third-order valence-corrected chi connectivity index (χ3v) is 6.71. The summed E-state index contributed by atoms with van der Waals surface area (Å²) in [5.74, 6) is -0.705. The fourth-order valence-corrected chi connectivity index (χ4v) is 4.91. The third kappa shape index (κ3) is 4.26. The normalized spacial score (nSPS) is 11.1. The first-order valence-electron chi connectivity index (χ1n) is 9.76. The van der Waals surface area contributed by atoms with Crippen LogP contribution in [0, 0.1) is 12.7 Å². The van der Waals surface area contributed by atoms with Crippen molar-refractivity contribution in [2.75, 3.05) is 11.1 Å². The highest BCUT2D eigenvalue weighted by Gasteiger charge is 2.18. The van der Waals surface area contributed by atoms with Gasteiger partial charge in [0.25, 0.3) is 5.56 Å². The predicted octanol–water partition coefficient (Wildman–Crippen LogP) is 5.19. The summed E-state index contributed by atoms with van der Waals surface area (Å²) in [6.45, 7) is 3.98. The Kier molecular flexibility index (Phi) is 6.20. The number of anilines is 1. The maximum Gasteiger partial charge on any atom is 0.276 e. The van der Waals surface area contributed by atoms with Gasteiger partial charge in [-0.05, 0) is 48.1 Å². The van der Waals surface area contributed by atoms with Gasteiger partial charge >= 0.3 is 0 Å². The second kappa shape index (κ2) is 9.03. The van der Waals surface area contributed by atoms with E-state index in [4.69, 9.17) is 0 Å². The Labute approximate surface area is 187 Å². The summed E-state index contributed by atoms with van der Waals surface area (Å²) in [5, 5.41) is 5.02. The first-order chi connectivity index (χ1) is 15.0. The van der Waals surface area contributed by atoms with E-state index in [1.165, 1.54) is 28.0 Å². The molecule has 0 radical (unpaired) electrons. The molecule has 0 aliphatic rings. The molecule has 158 valence electrons. The first kappa shape index (κ1) is 21.3. The summed E-state index contributed by atoms with van der Waals surface area (Å²) in [6.07, 6.45) is 0.799. The van der Waals surface area contributed by atoms with Gasteiger partial charge in [0.15, 0.2) is 5.16 Å². The van der Waals surface area contributed by atoms with Crippen LogP contribution in [0.1, 0.15) is 18.1 Å². The highest BCUT2D eigenvalue weighted by atomic mass is 32.2. The Hall–Kier alpha value is -2.97. The Bertz CT molecular complexity index is 1330. The molecule has 0 unspecified atom stereocenters. The van der Waals surface area contributed by atoms with Crippen molar-refractivity contribution in [2.24, 2.45) is 0 Å². The number of carbonyl (C=O) groups excluding carboxylic acids is 1. The van der Waals surface area contributed by atoms with Gasteiger partial charge in [-0.25, -0.2) is 9.37 Å². The zero-order valence-corrected chi connectivity index (χ0v) is 18.6. The number of nitrogens with one attached hydrogen (secondary N) is 1. The van der Waals surface area contributed by atoms with E-state index in [-0.39, 0.29) is 28.1 Å². The lowest BCUT2D eigenvalue weighted by Gasteiger charge is -2.14. The maximum atomic E-state index is 14.5. The molecular weight excluding hydrogens is 433 g/mol. The van der Waals surface area contributed by atoms with Crippen LogP contribution in [-0.4, -0.2) is 21.2 Å². The van der Waals surface area contributed by atoms with Gasteiger partial charge < -0.3 is 5.32 Å². The molecule has 4 aromatic rings. The van der Waals surface area contributed by atoms with E-state index in [2.05, 4.69) is 10.3 Å². The number of thioether (sulfide) groups is 1. The SMILES string of the molecule is CCc1cccc(C)c1NC(=O)CSc1nc2ccsc2c(=O)n1-c1ccccc1F. The van der Waals surface area contributed by atoms with Crippen LogP contribution in [0.5, 0.6) is 0 Å². The van der Waals surface area contributed by atoms with Gasteiger partial charge in [-0.1, -0.05) is 49.0 Å². The van der Waals surface area contributed by atoms with Gasteiger partial charge in [0.2, 0.25) is 5.91 Å². The van der Waals surface area contributed by atoms with Gasteiger partial charge in [0, 0.05) is 5.69 Å². The van der Waals surface area contributed by atoms with E-state index in [0.29, 0.717) is 10.2 Å². The molecule has 0 saturated heterocycles. The molecule has 1 N–H and O–H groups in total. The molecular formula is C23H20FN3O2S2. The summed E-state index contributed by atoms with van der Waals surface area (Å²) in [7, 11) is 0. The minimum absolute atomic E-state index is 0.0357. The van der Waals surface area contributed by atoms with Gasteiger partial charge in [0.1, 0.15) is 10.5 Å². The second-order valence-electron chi connectivity index (χ2n) is 6.92.